The maximum absolute atomic E-state index is 11.8. The van der Waals surface area contributed by atoms with Gasteiger partial charge in [0, 0.05) is 0 Å². The highest BCUT2D eigenvalue weighted by molar-refractivity contribution is 7.69. The van der Waals surface area contributed by atoms with Crippen molar-refractivity contribution in [3.05, 3.63) is 12.1 Å². The van der Waals surface area contributed by atoms with Gasteiger partial charge < -0.3 is 15.0 Å². The quantitative estimate of drug-likeness (QED) is 0.799. The van der Waals surface area contributed by atoms with Crippen molar-refractivity contribution in [1.82, 2.24) is 4.98 Å². The summed E-state index contributed by atoms with van der Waals surface area (Å²) in [6.45, 7) is 7.13. The van der Waals surface area contributed by atoms with Crippen LogP contribution < -0.4 is 15.9 Å². The third-order valence-corrected chi connectivity index (χ3v) is 3.13. The molecule has 0 spiro atoms. The number of hydrogen-bond donors (Lipinski definition) is 1. The van der Waals surface area contributed by atoms with Crippen LogP contribution in [0, 0.1) is 0 Å². The molecule has 0 fully saturated rings. The minimum atomic E-state index is -2.35. The number of aromatic nitrogens is 1. The normalized spacial score (nSPS) is 11.8. The largest absolute Gasteiger partial charge is 0.473 e. The first-order valence-corrected chi connectivity index (χ1v) is 7.39. The van der Waals surface area contributed by atoms with Gasteiger partial charge in [-0.25, -0.2) is 4.98 Å². The lowest BCUT2D eigenvalue weighted by Gasteiger charge is -2.13. The first-order chi connectivity index (χ1) is 6.80. The van der Waals surface area contributed by atoms with E-state index in [-0.39, 0.29) is 6.10 Å². The third-order valence-electron chi connectivity index (χ3n) is 1.77. The summed E-state index contributed by atoms with van der Waals surface area (Å²) in [7, 11) is -2.35. The van der Waals surface area contributed by atoms with E-state index in [2.05, 4.69) is 4.98 Å². The van der Waals surface area contributed by atoms with Gasteiger partial charge in [-0.1, -0.05) is 0 Å². The van der Waals surface area contributed by atoms with E-state index < -0.39 is 7.14 Å². The summed E-state index contributed by atoms with van der Waals surface area (Å²) in [5, 5.41) is 0. The maximum atomic E-state index is 11.8. The second kappa shape index (κ2) is 4.23. The van der Waals surface area contributed by atoms with Crippen LogP contribution in [0.1, 0.15) is 13.8 Å². The molecular formula is C10H17N2O2P. The Balaban J connectivity index is 3.11. The molecule has 0 unspecified atom stereocenters. The topological polar surface area (TPSA) is 65.2 Å². The zero-order chi connectivity index (χ0) is 11.6. The fourth-order valence-corrected chi connectivity index (χ4v) is 1.82. The first-order valence-electron chi connectivity index (χ1n) is 4.79. The van der Waals surface area contributed by atoms with Crippen LogP contribution in [-0.2, 0) is 4.57 Å². The van der Waals surface area contributed by atoms with E-state index >= 15 is 0 Å². The van der Waals surface area contributed by atoms with Crippen molar-refractivity contribution >= 4 is 18.3 Å². The molecule has 0 amide bonds. The number of ether oxygens (including phenoxy) is 1. The number of nitrogens with two attached hydrogens (primary N) is 1. The van der Waals surface area contributed by atoms with Crippen LogP contribution >= 0.6 is 7.14 Å². The third kappa shape index (κ3) is 3.24. The molecule has 0 aliphatic rings. The van der Waals surface area contributed by atoms with Gasteiger partial charge in [-0.3, -0.25) is 0 Å². The van der Waals surface area contributed by atoms with Crippen LogP contribution in [0.15, 0.2) is 12.1 Å². The molecule has 0 aliphatic carbocycles. The van der Waals surface area contributed by atoms with E-state index in [4.69, 9.17) is 10.5 Å². The van der Waals surface area contributed by atoms with E-state index in [1.807, 2.05) is 13.8 Å². The highest BCUT2D eigenvalue weighted by atomic mass is 31.2. The Labute approximate surface area is 90.2 Å². The molecule has 1 heterocycles. The highest BCUT2D eigenvalue weighted by Crippen LogP contribution is 2.35. The van der Waals surface area contributed by atoms with Crippen LogP contribution in [0.4, 0.5) is 5.69 Å². The summed E-state index contributed by atoms with van der Waals surface area (Å²) in [5.74, 6) is 0.367. The van der Waals surface area contributed by atoms with Gasteiger partial charge in [0.1, 0.15) is 12.6 Å². The van der Waals surface area contributed by atoms with Crippen LogP contribution in [0.25, 0.3) is 0 Å². The molecule has 0 aliphatic heterocycles. The molecule has 1 aromatic heterocycles. The van der Waals surface area contributed by atoms with Crippen LogP contribution in [0.2, 0.25) is 0 Å². The number of hydrogen-bond acceptors (Lipinski definition) is 4. The Hall–Kier alpha value is -1.02. The van der Waals surface area contributed by atoms with Gasteiger partial charge in [0.25, 0.3) is 0 Å². The van der Waals surface area contributed by atoms with Crippen molar-refractivity contribution in [3.63, 3.8) is 0 Å². The molecule has 15 heavy (non-hydrogen) atoms. The van der Waals surface area contributed by atoms with Gasteiger partial charge >= 0.3 is 0 Å². The summed E-state index contributed by atoms with van der Waals surface area (Å²) in [5.41, 5.74) is 6.73. The number of anilines is 1. The molecular weight excluding hydrogens is 211 g/mol. The molecule has 84 valence electrons. The first kappa shape index (κ1) is 12.1. The second-order valence-electron chi connectivity index (χ2n) is 4.08. The Kier molecular flexibility index (Phi) is 3.40. The summed E-state index contributed by atoms with van der Waals surface area (Å²) < 4.78 is 17.2. The fourth-order valence-electron chi connectivity index (χ4n) is 1.06. The van der Waals surface area contributed by atoms with Crippen LogP contribution in [0.5, 0.6) is 5.88 Å². The maximum Gasteiger partial charge on any atom is 0.238 e. The Morgan fingerprint density at radius 2 is 2.00 bits per heavy atom. The average Bonchev–Trinajstić information content (AvgIpc) is 2.06. The van der Waals surface area contributed by atoms with Gasteiger partial charge in [-0.2, -0.15) is 0 Å². The zero-order valence-corrected chi connectivity index (χ0v) is 10.4. The number of rotatable bonds is 3. The summed E-state index contributed by atoms with van der Waals surface area (Å²) in [4.78, 5) is 4.17. The Morgan fingerprint density at radius 1 is 1.40 bits per heavy atom. The van der Waals surface area contributed by atoms with Gasteiger partial charge in [0.15, 0.2) is 0 Å². The average molecular weight is 228 g/mol. The molecule has 5 heteroatoms. The lowest BCUT2D eigenvalue weighted by atomic mass is 10.4. The van der Waals surface area contributed by atoms with Crippen molar-refractivity contribution in [1.29, 1.82) is 0 Å². The smallest absolute Gasteiger partial charge is 0.238 e. The van der Waals surface area contributed by atoms with E-state index in [9.17, 15) is 4.57 Å². The van der Waals surface area contributed by atoms with Crippen molar-refractivity contribution in [3.8, 4) is 5.88 Å². The van der Waals surface area contributed by atoms with Crippen molar-refractivity contribution in [2.75, 3.05) is 19.1 Å². The highest BCUT2D eigenvalue weighted by Gasteiger charge is 2.15. The molecule has 1 rings (SSSR count). The van der Waals surface area contributed by atoms with Gasteiger partial charge in [0.2, 0.25) is 5.88 Å². The van der Waals surface area contributed by atoms with Gasteiger partial charge in [0.05, 0.1) is 11.8 Å². The summed E-state index contributed by atoms with van der Waals surface area (Å²) >= 11 is 0. The molecule has 0 saturated carbocycles. The van der Waals surface area contributed by atoms with Crippen molar-refractivity contribution in [2.24, 2.45) is 0 Å². The Bertz CT molecular complexity index is 398. The number of nitrogen functional groups attached to an aromatic ring is 1. The predicted molar refractivity (Wildman–Crippen MR) is 63.5 cm³/mol. The molecule has 0 aromatic carbocycles. The Morgan fingerprint density at radius 3 is 2.47 bits per heavy atom. The van der Waals surface area contributed by atoms with Crippen LogP contribution in [0.3, 0.4) is 0 Å². The number of pyridine rings is 1. The molecule has 0 radical (unpaired) electrons. The van der Waals surface area contributed by atoms with E-state index in [0.717, 1.165) is 0 Å². The standard InChI is InChI=1S/C10H17N2O2P/c1-7(2)14-10-8(11)5-6-9(12-10)15(3,4)13/h5-7H,11H2,1-4H3. The monoisotopic (exact) mass is 228 g/mol. The molecule has 4 nitrogen and oxygen atoms in total. The lowest BCUT2D eigenvalue weighted by molar-refractivity contribution is 0.234. The van der Waals surface area contributed by atoms with E-state index in [1.54, 1.807) is 25.5 Å². The predicted octanol–water partition coefficient (Wildman–Crippen LogP) is 1.70. The van der Waals surface area contributed by atoms with E-state index in [0.29, 0.717) is 17.0 Å². The minimum Gasteiger partial charge on any atom is -0.473 e. The lowest BCUT2D eigenvalue weighted by Crippen LogP contribution is -2.15. The van der Waals surface area contributed by atoms with Gasteiger partial charge in [-0.05, 0) is 39.3 Å². The summed E-state index contributed by atoms with van der Waals surface area (Å²) in [6, 6.07) is 3.36. The van der Waals surface area contributed by atoms with Crippen molar-refractivity contribution < 1.29 is 9.30 Å². The minimum absolute atomic E-state index is 0.00291. The molecule has 1 aromatic rings. The fraction of sp³-hybridized carbons (Fsp3) is 0.500. The second-order valence-corrected chi connectivity index (χ2v) is 7.24. The SMILES string of the molecule is CC(C)Oc1nc(P(C)(C)=O)ccc1N. The molecule has 2 N–H and O–H groups in total. The molecule has 0 bridgehead atoms. The van der Waals surface area contributed by atoms with Crippen molar-refractivity contribution in [2.45, 2.75) is 20.0 Å². The molecule has 0 saturated heterocycles. The van der Waals surface area contributed by atoms with Gasteiger partial charge in [-0.15, -0.1) is 0 Å². The van der Waals surface area contributed by atoms with E-state index in [1.165, 1.54) is 0 Å². The van der Waals surface area contributed by atoms with Crippen LogP contribution in [-0.4, -0.2) is 24.4 Å². The zero-order valence-electron chi connectivity index (χ0n) is 9.52. The molecule has 0 atom stereocenters. The number of nitrogens with zero attached hydrogens (tertiary/aromatic N) is 1. The summed E-state index contributed by atoms with van der Waals surface area (Å²) in [6.07, 6.45) is 0.00291.